The van der Waals surface area contributed by atoms with E-state index in [1.807, 2.05) is 36.4 Å². The maximum Gasteiger partial charge on any atom is 0.220 e. The van der Waals surface area contributed by atoms with Crippen molar-refractivity contribution in [3.05, 3.63) is 95.1 Å². The summed E-state index contributed by atoms with van der Waals surface area (Å²) in [5.41, 5.74) is 6.03. The molecule has 0 radical (unpaired) electrons. The second-order valence-electron chi connectivity index (χ2n) is 12.7. The lowest BCUT2D eigenvalue weighted by Crippen LogP contribution is -2.42. The van der Waals surface area contributed by atoms with Gasteiger partial charge < -0.3 is 30.3 Å². The Morgan fingerprint density at radius 2 is 1.66 bits per heavy atom. The van der Waals surface area contributed by atoms with E-state index in [9.17, 15) is 19.8 Å². The van der Waals surface area contributed by atoms with Gasteiger partial charge in [-0.15, -0.1) is 0 Å². The van der Waals surface area contributed by atoms with Gasteiger partial charge in [0.1, 0.15) is 0 Å². The highest BCUT2D eigenvalue weighted by atomic mass is 16.7. The molecule has 3 aromatic rings. The van der Waals surface area contributed by atoms with Crippen molar-refractivity contribution < 1.29 is 29.3 Å². The molecular formula is C38H49N3O6. The lowest BCUT2D eigenvalue weighted by Gasteiger charge is -2.38. The minimum absolute atomic E-state index is 0.00456. The number of nitrogens with zero attached hydrogens (tertiary/aromatic N) is 1. The molecule has 2 aliphatic rings. The van der Waals surface area contributed by atoms with Crippen molar-refractivity contribution in [1.29, 1.82) is 0 Å². The van der Waals surface area contributed by atoms with Crippen molar-refractivity contribution in [3.63, 3.8) is 0 Å². The van der Waals surface area contributed by atoms with E-state index in [4.69, 9.17) is 9.47 Å². The van der Waals surface area contributed by atoms with Crippen LogP contribution >= 0.6 is 0 Å². The Hall–Kier alpha value is -3.60. The molecule has 9 nitrogen and oxygen atoms in total. The van der Waals surface area contributed by atoms with Crippen LogP contribution in [0.15, 0.2) is 72.8 Å². The molecule has 252 valence electrons. The zero-order chi connectivity index (χ0) is 33.0. The van der Waals surface area contributed by atoms with Gasteiger partial charge in [-0.25, -0.2) is 0 Å². The van der Waals surface area contributed by atoms with Crippen LogP contribution in [0.4, 0.5) is 0 Å². The van der Waals surface area contributed by atoms with Crippen molar-refractivity contribution >= 4 is 11.8 Å². The summed E-state index contributed by atoms with van der Waals surface area (Å²) in [5.74, 6) is 0.00745. The Morgan fingerprint density at radius 3 is 2.40 bits per heavy atom. The number of likely N-dealkylation sites (tertiary alicyclic amines) is 1. The van der Waals surface area contributed by atoms with E-state index < -0.39 is 6.29 Å². The summed E-state index contributed by atoms with van der Waals surface area (Å²) in [6.07, 6.45) is 5.10. The standard InChI is InChI=1S/C38H49N3O6/c1-27(44)39-19-4-2-3-10-37(45)40-23-29-7-5-8-33(21-29)30-15-17-32(18-16-30)38-46-35(24-41-20-6-9-34(41)26-43)22-36(47-38)31-13-11-28(25-42)12-14-31/h5,7-8,11-18,21,34-36,38,42-43H,2-4,6,9-10,19-20,22-26H2,1H3,(H,39,44)(H,40,45). The maximum atomic E-state index is 12.4. The second-order valence-corrected chi connectivity index (χ2v) is 12.7. The Kier molecular flexibility index (Phi) is 12.9. The van der Waals surface area contributed by atoms with Crippen LogP contribution in [-0.4, -0.2) is 65.3 Å². The summed E-state index contributed by atoms with van der Waals surface area (Å²) in [7, 11) is 0. The van der Waals surface area contributed by atoms with Crippen LogP contribution in [0.1, 0.15) is 86.5 Å². The summed E-state index contributed by atoms with van der Waals surface area (Å²) in [4.78, 5) is 25.7. The van der Waals surface area contributed by atoms with Gasteiger partial charge in [0.15, 0.2) is 6.29 Å². The number of hydrogen-bond donors (Lipinski definition) is 4. The SMILES string of the molecule is CC(=O)NCCCCCC(=O)NCc1cccc(-c2ccc(C3OC(CN4CCCC4CO)CC(c4ccc(CO)cc4)O3)cc2)c1. The second kappa shape index (κ2) is 17.5. The summed E-state index contributed by atoms with van der Waals surface area (Å²) in [6.45, 7) is 4.51. The number of benzene rings is 3. The van der Waals surface area contributed by atoms with E-state index in [2.05, 4.69) is 51.9 Å². The number of ether oxygens (including phenoxy) is 2. The topological polar surface area (TPSA) is 120 Å². The van der Waals surface area contributed by atoms with Gasteiger partial charge in [0, 0.05) is 51.0 Å². The lowest BCUT2D eigenvalue weighted by atomic mass is 9.98. The highest BCUT2D eigenvalue weighted by Gasteiger charge is 2.35. The fourth-order valence-corrected chi connectivity index (χ4v) is 6.47. The number of amides is 2. The minimum atomic E-state index is -0.535. The first kappa shape index (κ1) is 34.7. The first-order chi connectivity index (χ1) is 22.9. The minimum Gasteiger partial charge on any atom is -0.395 e. The number of unbranched alkanes of at least 4 members (excludes halogenated alkanes) is 2. The fourth-order valence-electron chi connectivity index (χ4n) is 6.47. The molecule has 4 atom stereocenters. The smallest absolute Gasteiger partial charge is 0.220 e. The van der Waals surface area contributed by atoms with Crippen LogP contribution < -0.4 is 10.6 Å². The third-order valence-electron chi connectivity index (χ3n) is 9.15. The lowest BCUT2D eigenvalue weighted by molar-refractivity contribution is -0.253. The average Bonchev–Trinajstić information content (AvgIpc) is 3.55. The first-order valence-corrected chi connectivity index (χ1v) is 17.0. The molecule has 2 aliphatic heterocycles. The Morgan fingerprint density at radius 1 is 0.872 bits per heavy atom. The molecule has 4 N–H and O–H groups in total. The van der Waals surface area contributed by atoms with Gasteiger partial charge in [-0.1, -0.05) is 73.2 Å². The Balaban J connectivity index is 1.20. The quantitative estimate of drug-likeness (QED) is 0.169. The van der Waals surface area contributed by atoms with E-state index >= 15 is 0 Å². The zero-order valence-corrected chi connectivity index (χ0v) is 27.4. The Bertz CT molecular complexity index is 1430. The first-order valence-electron chi connectivity index (χ1n) is 17.0. The molecule has 3 aromatic carbocycles. The van der Waals surface area contributed by atoms with Crippen LogP contribution in [0.3, 0.4) is 0 Å². The molecule has 2 heterocycles. The molecule has 47 heavy (non-hydrogen) atoms. The van der Waals surface area contributed by atoms with Gasteiger partial charge in [-0.2, -0.15) is 0 Å². The van der Waals surface area contributed by atoms with Gasteiger partial charge in [0.2, 0.25) is 11.8 Å². The predicted octanol–water partition coefficient (Wildman–Crippen LogP) is 5.16. The monoisotopic (exact) mass is 643 g/mol. The number of aliphatic hydroxyl groups is 2. The summed E-state index contributed by atoms with van der Waals surface area (Å²) < 4.78 is 13.1. The molecule has 0 bridgehead atoms. The predicted molar refractivity (Wildman–Crippen MR) is 181 cm³/mol. The number of nitrogens with one attached hydrogen (secondary N) is 2. The van der Waals surface area contributed by atoms with Crippen molar-refractivity contribution in [1.82, 2.24) is 15.5 Å². The summed E-state index contributed by atoms with van der Waals surface area (Å²) in [5, 5.41) is 25.2. The van der Waals surface area contributed by atoms with Crippen LogP contribution in [0.2, 0.25) is 0 Å². The van der Waals surface area contributed by atoms with Crippen molar-refractivity contribution in [2.75, 3.05) is 26.2 Å². The van der Waals surface area contributed by atoms with Gasteiger partial charge >= 0.3 is 0 Å². The summed E-state index contributed by atoms with van der Waals surface area (Å²) in [6, 6.07) is 24.6. The number of hydrogen-bond acceptors (Lipinski definition) is 7. The normalized spacial score (nSPS) is 21.4. The van der Waals surface area contributed by atoms with Gasteiger partial charge in [-0.3, -0.25) is 14.5 Å². The maximum absolute atomic E-state index is 12.4. The molecule has 4 unspecified atom stereocenters. The van der Waals surface area contributed by atoms with Crippen molar-refractivity contribution in [2.45, 2.75) is 89.6 Å². The number of carbonyl (C=O) groups excluding carboxylic acids is 2. The van der Waals surface area contributed by atoms with Gasteiger partial charge in [0.05, 0.1) is 25.4 Å². The van der Waals surface area contributed by atoms with Crippen LogP contribution in [-0.2, 0) is 32.2 Å². The van der Waals surface area contributed by atoms with Crippen molar-refractivity contribution in [2.24, 2.45) is 0 Å². The molecule has 2 fully saturated rings. The third kappa shape index (κ3) is 10.2. The summed E-state index contributed by atoms with van der Waals surface area (Å²) >= 11 is 0. The molecule has 2 amide bonds. The van der Waals surface area contributed by atoms with E-state index in [0.29, 0.717) is 25.9 Å². The van der Waals surface area contributed by atoms with Crippen LogP contribution in [0.5, 0.6) is 0 Å². The zero-order valence-electron chi connectivity index (χ0n) is 27.4. The number of aliphatic hydroxyl groups excluding tert-OH is 2. The molecule has 0 aromatic heterocycles. The van der Waals surface area contributed by atoms with Gasteiger partial charge in [0.25, 0.3) is 0 Å². The molecule has 0 aliphatic carbocycles. The highest BCUT2D eigenvalue weighted by Crippen LogP contribution is 2.39. The van der Waals surface area contributed by atoms with Gasteiger partial charge in [-0.05, 0) is 66.1 Å². The van der Waals surface area contributed by atoms with Crippen LogP contribution in [0, 0.1) is 0 Å². The average molecular weight is 644 g/mol. The molecule has 0 spiro atoms. The third-order valence-corrected chi connectivity index (χ3v) is 9.15. The number of carbonyl (C=O) groups is 2. The van der Waals surface area contributed by atoms with Crippen LogP contribution in [0.25, 0.3) is 11.1 Å². The molecule has 5 rings (SSSR count). The van der Waals surface area contributed by atoms with E-state index in [1.165, 1.54) is 6.92 Å². The molecular weight excluding hydrogens is 594 g/mol. The number of rotatable bonds is 15. The van der Waals surface area contributed by atoms with E-state index in [-0.39, 0.29) is 43.3 Å². The van der Waals surface area contributed by atoms with E-state index in [1.54, 1.807) is 0 Å². The van der Waals surface area contributed by atoms with E-state index in [0.717, 1.165) is 78.6 Å². The molecule has 2 saturated heterocycles. The largest absolute Gasteiger partial charge is 0.395 e. The van der Waals surface area contributed by atoms with Crippen molar-refractivity contribution in [3.8, 4) is 11.1 Å². The highest BCUT2D eigenvalue weighted by molar-refractivity contribution is 5.76. The Labute approximate surface area is 278 Å². The molecule has 9 heteroatoms. The molecule has 0 saturated carbocycles. The fraction of sp³-hybridized carbons (Fsp3) is 0.474.